The fourth-order valence-corrected chi connectivity index (χ4v) is 3.93. The Morgan fingerprint density at radius 2 is 1.96 bits per heavy atom. The van der Waals surface area contributed by atoms with Crippen molar-refractivity contribution in [2.45, 2.75) is 0 Å². The summed E-state index contributed by atoms with van der Waals surface area (Å²) < 4.78 is 5.87. The van der Waals surface area contributed by atoms with E-state index < -0.39 is 0 Å². The van der Waals surface area contributed by atoms with Crippen molar-refractivity contribution < 1.29 is 9.53 Å². The molecule has 1 amide bonds. The third kappa shape index (κ3) is 2.93. The van der Waals surface area contributed by atoms with Gasteiger partial charge >= 0.3 is 0 Å². The highest BCUT2D eigenvalue weighted by Gasteiger charge is 2.37. The minimum Gasteiger partial charge on any atom is -0.379 e. The number of thiocarbonyl (C=S) groups is 1. The monoisotopic (exact) mass is 358 g/mol. The Hall–Kier alpha value is -1.87. The van der Waals surface area contributed by atoms with E-state index in [1.807, 2.05) is 29.3 Å². The van der Waals surface area contributed by atoms with Gasteiger partial charge in [0.25, 0.3) is 5.91 Å². The first-order chi connectivity index (χ1) is 11.7. The number of aromatic nitrogens is 2. The Balaban J connectivity index is 1.62. The molecule has 0 bridgehead atoms. The predicted molar refractivity (Wildman–Crippen MR) is 96.9 cm³/mol. The van der Waals surface area contributed by atoms with Gasteiger partial charge in [-0.15, -0.1) is 0 Å². The molecule has 0 atom stereocenters. The molecule has 2 aromatic rings. The summed E-state index contributed by atoms with van der Waals surface area (Å²) in [6, 6.07) is 7.64. The number of hydrazine groups is 1. The van der Waals surface area contributed by atoms with Crippen LogP contribution in [0.5, 0.6) is 0 Å². The molecule has 2 aliphatic rings. The molecule has 0 radical (unpaired) electrons. The summed E-state index contributed by atoms with van der Waals surface area (Å²) >= 11 is 6.67. The Morgan fingerprint density at radius 3 is 2.75 bits per heavy atom. The van der Waals surface area contributed by atoms with Gasteiger partial charge in [0.15, 0.2) is 4.32 Å². The van der Waals surface area contributed by atoms with Gasteiger partial charge < -0.3 is 4.74 Å². The zero-order valence-corrected chi connectivity index (χ0v) is 14.3. The summed E-state index contributed by atoms with van der Waals surface area (Å²) in [5, 5.41) is 3.51. The highest BCUT2D eigenvalue weighted by atomic mass is 32.2. The minimum absolute atomic E-state index is 0.109. The van der Waals surface area contributed by atoms with Crippen LogP contribution in [0.3, 0.4) is 0 Å². The molecule has 2 aliphatic heterocycles. The molecule has 6 nitrogen and oxygen atoms in total. The van der Waals surface area contributed by atoms with E-state index in [9.17, 15) is 4.79 Å². The minimum atomic E-state index is -0.109. The van der Waals surface area contributed by atoms with Crippen LogP contribution in [0.1, 0.15) is 5.69 Å². The summed E-state index contributed by atoms with van der Waals surface area (Å²) in [5.74, 6) is -0.109. The number of fused-ring (bicyclic) bond motifs is 1. The molecule has 0 N–H and O–H groups in total. The third-order valence-electron chi connectivity index (χ3n) is 3.79. The maximum Gasteiger partial charge on any atom is 0.281 e. The average Bonchev–Trinajstić information content (AvgIpc) is 2.89. The van der Waals surface area contributed by atoms with Gasteiger partial charge in [0.1, 0.15) is 0 Å². The van der Waals surface area contributed by atoms with Gasteiger partial charge in [-0.05, 0) is 18.2 Å². The highest BCUT2D eigenvalue weighted by molar-refractivity contribution is 8.26. The topological polar surface area (TPSA) is 58.6 Å². The number of thioether (sulfide) groups is 1. The first-order valence-corrected chi connectivity index (χ1v) is 8.77. The SMILES string of the molecule is O=C1/C(=C\c2cnc3ccccc3n2)SC(=S)N1N1CCOCC1. The number of para-hydroxylation sites is 2. The molecule has 1 aromatic heterocycles. The van der Waals surface area contributed by atoms with Crippen LogP contribution in [0, 0.1) is 0 Å². The van der Waals surface area contributed by atoms with Crippen LogP contribution in [0.2, 0.25) is 0 Å². The number of carbonyl (C=O) groups is 1. The lowest BCUT2D eigenvalue weighted by Gasteiger charge is -2.33. The van der Waals surface area contributed by atoms with Crippen LogP contribution >= 0.6 is 24.0 Å². The number of nitrogens with zero attached hydrogens (tertiary/aromatic N) is 4. The molecule has 4 rings (SSSR count). The van der Waals surface area contributed by atoms with Crippen molar-refractivity contribution >= 4 is 51.3 Å². The molecule has 0 aliphatic carbocycles. The van der Waals surface area contributed by atoms with Crippen LogP contribution in [-0.2, 0) is 9.53 Å². The number of ether oxygens (including phenoxy) is 1. The zero-order chi connectivity index (χ0) is 16.5. The Bertz CT molecular complexity index is 849. The lowest BCUT2D eigenvalue weighted by molar-refractivity contribution is -0.138. The molecular weight excluding hydrogens is 344 g/mol. The second-order valence-electron chi connectivity index (χ2n) is 5.34. The number of morpholine rings is 1. The van der Waals surface area contributed by atoms with Gasteiger partial charge in [-0.1, -0.05) is 36.1 Å². The lowest BCUT2D eigenvalue weighted by Crippen LogP contribution is -2.50. The average molecular weight is 358 g/mol. The quantitative estimate of drug-likeness (QED) is 0.602. The van der Waals surface area contributed by atoms with Crippen LogP contribution in [0.4, 0.5) is 0 Å². The lowest BCUT2D eigenvalue weighted by atomic mass is 10.3. The largest absolute Gasteiger partial charge is 0.379 e. The normalized spacial score (nSPS) is 21.2. The number of hydrogen-bond acceptors (Lipinski definition) is 7. The third-order valence-corrected chi connectivity index (χ3v) is 5.07. The number of hydrogen-bond donors (Lipinski definition) is 0. The zero-order valence-electron chi connectivity index (χ0n) is 12.7. The summed E-state index contributed by atoms with van der Waals surface area (Å²) in [4.78, 5) is 22.2. The number of carbonyl (C=O) groups excluding carboxylic acids is 1. The van der Waals surface area contributed by atoms with Gasteiger partial charge in [0.05, 0.1) is 41.0 Å². The molecule has 3 heterocycles. The van der Waals surface area contributed by atoms with E-state index in [-0.39, 0.29) is 5.91 Å². The van der Waals surface area contributed by atoms with Crippen molar-refractivity contribution in [1.29, 1.82) is 0 Å². The summed E-state index contributed by atoms with van der Waals surface area (Å²) in [6.07, 6.45) is 3.42. The van der Waals surface area contributed by atoms with Crippen molar-refractivity contribution in [3.8, 4) is 0 Å². The second-order valence-corrected chi connectivity index (χ2v) is 7.02. The Morgan fingerprint density at radius 1 is 1.21 bits per heavy atom. The number of benzene rings is 1. The van der Waals surface area contributed by atoms with E-state index in [2.05, 4.69) is 9.97 Å². The Kier molecular flexibility index (Phi) is 4.28. The van der Waals surface area contributed by atoms with E-state index in [1.165, 1.54) is 11.8 Å². The first kappa shape index (κ1) is 15.6. The molecular formula is C16H14N4O2S2. The first-order valence-electron chi connectivity index (χ1n) is 7.55. The predicted octanol–water partition coefficient (Wildman–Crippen LogP) is 2.08. The van der Waals surface area contributed by atoms with E-state index in [0.717, 1.165) is 11.0 Å². The second kappa shape index (κ2) is 6.56. The van der Waals surface area contributed by atoms with Crippen molar-refractivity contribution in [2.24, 2.45) is 0 Å². The molecule has 0 spiro atoms. The molecule has 8 heteroatoms. The number of amides is 1. The fourth-order valence-electron chi connectivity index (χ4n) is 2.63. The maximum absolute atomic E-state index is 12.7. The molecule has 2 saturated heterocycles. The highest BCUT2D eigenvalue weighted by Crippen LogP contribution is 2.33. The summed E-state index contributed by atoms with van der Waals surface area (Å²) in [6.45, 7) is 2.53. The van der Waals surface area contributed by atoms with Crippen molar-refractivity contribution in [1.82, 2.24) is 20.0 Å². The van der Waals surface area contributed by atoms with Crippen LogP contribution < -0.4 is 0 Å². The van der Waals surface area contributed by atoms with Crippen molar-refractivity contribution in [3.05, 3.63) is 41.1 Å². The number of rotatable bonds is 2. The molecule has 122 valence electrons. The van der Waals surface area contributed by atoms with Crippen LogP contribution in [-0.4, -0.2) is 56.5 Å². The maximum atomic E-state index is 12.7. The fraction of sp³-hybridized carbons (Fsp3) is 0.250. The van der Waals surface area contributed by atoms with Gasteiger partial charge in [-0.2, -0.15) is 0 Å². The molecule has 2 fully saturated rings. The van der Waals surface area contributed by atoms with Crippen LogP contribution in [0.25, 0.3) is 17.1 Å². The van der Waals surface area contributed by atoms with E-state index >= 15 is 0 Å². The van der Waals surface area contributed by atoms with Gasteiger partial charge in [-0.3, -0.25) is 9.78 Å². The van der Waals surface area contributed by atoms with Crippen LogP contribution in [0.15, 0.2) is 35.4 Å². The van der Waals surface area contributed by atoms with E-state index in [0.29, 0.717) is 41.2 Å². The van der Waals surface area contributed by atoms with Crippen molar-refractivity contribution in [2.75, 3.05) is 26.3 Å². The standard InChI is InChI=1S/C16H14N4O2S2/c21-15-14(24-16(23)20(15)19-5-7-22-8-6-19)9-11-10-17-12-3-1-2-4-13(12)18-11/h1-4,9-10H,5-8H2/b14-9+. The molecule has 24 heavy (non-hydrogen) atoms. The van der Waals surface area contributed by atoms with Gasteiger partial charge in [-0.25, -0.2) is 15.0 Å². The summed E-state index contributed by atoms with van der Waals surface area (Å²) in [5.41, 5.74) is 2.28. The van der Waals surface area contributed by atoms with Crippen molar-refractivity contribution in [3.63, 3.8) is 0 Å². The van der Waals surface area contributed by atoms with Gasteiger partial charge in [0, 0.05) is 13.1 Å². The Labute approximate surface area is 148 Å². The molecule has 0 unspecified atom stereocenters. The molecule has 1 aromatic carbocycles. The van der Waals surface area contributed by atoms with E-state index in [1.54, 1.807) is 17.3 Å². The van der Waals surface area contributed by atoms with Gasteiger partial charge in [0.2, 0.25) is 0 Å². The smallest absolute Gasteiger partial charge is 0.281 e. The van der Waals surface area contributed by atoms with E-state index in [4.69, 9.17) is 17.0 Å². The summed E-state index contributed by atoms with van der Waals surface area (Å²) in [7, 11) is 0. The molecule has 0 saturated carbocycles.